The number of benzene rings is 1. The molecule has 0 bridgehead atoms. The van der Waals surface area contributed by atoms with E-state index in [-0.39, 0.29) is 0 Å². The third kappa shape index (κ3) is 2.22. The smallest absolute Gasteiger partial charge is 0.245 e. The zero-order valence-electron chi connectivity index (χ0n) is 10.5. The number of para-hydroxylation sites is 1. The summed E-state index contributed by atoms with van der Waals surface area (Å²) in [5, 5.41) is 4.54. The molecule has 0 unspecified atom stereocenters. The van der Waals surface area contributed by atoms with E-state index in [2.05, 4.69) is 26.9 Å². The zero-order chi connectivity index (χ0) is 12.4. The van der Waals surface area contributed by atoms with Crippen molar-refractivity contribution in [3.63, 3.8) is 0 Å². The highest BCUT2D eigenvalue weighted by atomic mass is 15.4. The number of piperazine rings is 1. The lowest BCUT2D eigenvalue weighted by Crippen LogP contribution is -2.45. The van der Waals surface area contributed by atoms with Crippen LogP contribution < -0.4 is 4.90 Å². The van der Waals surface area contributed by atoms with E-state index in [4.69, 9.17) is 0 Å². The second-order valence-corrected chi connectivity index (χ2v) is 4.62. The molecule has 1 aromatic heterocycles. The number of anilines is 1. The van der Waals surface area contributed by atoms with Gasteiger partial charge >= 0.3 is 0 Å². The van der Waals surface area contributed by atoms with Crippen LogP contribution in [0.3, 0.4) is 0 Å². The maximum Gasteiger partial charge on any atom is 0.245 e. The van der Waals surface area contributed by atoms with Gasteiger partial charge in [0, 0.05) is 26.2 Å². The van der Waals surface area contributed by atoms with Gasteiger partial charge in [-0.1, -0.05) is 18.2 Å². The van der Waals surface area contributed by atoms with Gasteiger partial charge in [-0.25, -0.2) is 4.68 Å². The van der Waals surface area contributed by atoms with E-state index in [1.165, 1.54) is 0 Å². The Labute approximate surface area is 107 Å². The molecule has 2 aromatic rings. The Hall–Kier alpha value is -1.88. The molecule has 1 aromatic carbocycles. The highest BCUT2D eigenvalue weighted by Crippen LogP contribution is 2.12. The first kappa shape index (κ1) is 11.2. The van der Waals surface area contributed by atoms with Gasteiger partial charge in [0.15, 0.2) is 0 Å². The fourth-order valence-electron chi connectivity index (χ4n) is 2.11. The van der Waals surface area contributed by atoms with Crippen molar-refractivity contribution in [2.45, 2.75) is 0 Å². The molecule has 5 heteroatoms. The molecular weight excluding hydrogens is 226 g/mol. The first-order chi connectivity index (χ1) is 8.83. The van der Waals surface area contributed by atoms with Crippen LogP contribution in [0.15, 0.2) is 36.7 Å². The van der Waals surface area contributed by atoms with Gasteiger partial charge in [0.05, 0.1) is 5.69 Å². The number of likely N-dealkylation sites (N-methyl/N-ethyl adjacent to an activating group) is 1. The molecule has 5 nitrogen and oxygen atoms in total. The molecule has 18 heavy (non-hydrogen) atoms. The average molecular weight is 243 g/mol. The summed E-state index contributed by atoms with van der Waals surface area (Å²) < 4.78 is 1.83. The molecule has 0 amide bonds. The Bertz CT molecular complexity index is 499. The van der Waals surface area contributed by atoms with Crippen molar-refractivity contribution in [1.29, 1.82) is 0 Å². The predicted molar refractivity (Wildman–Crippen MR) is 71.1 cm³/mol. The second kappa shape index (κ2) is 4.78. The van der Waals surface area contributed by atoms with Gasteiger partial charge in [-0.05, 0) is 19.2 Å². The van der Waals surface area contributed by atoms with E-state index < -0.39 is 0 Å². The monoisotopic (exact) mass is 243 g/mol. The van der Waals surface area contributed by atoms with Crippen LogP contribution in [-0.2, 0) is 0 Å². The minimum atomic E-state index is 0.826. The summed E-state index contributed by atoms with van der Waals surface area (Å²) in [7, 11) is 2.15. The van der Waals surface area contributed by atoms with Crippen LogP contribution in [0.2, 0.25) is 0 Å². The molecule has 3 rings (SSSR count). The summed E-state index contributed by atoms with van der Waals surface area (Å²) >= 11 is 0. The lowest BCUT2D eigenvalue weighted by Gasteiger charge is -2.31. The van der Waals surface area contributed by atoms with Crippen molar-refractivity contribution >= 4 is 5.95 Å². The molecule has 0 saturated carbocycles. The average Bonchev–Trinajstić information content (AvgIpc) is 2.90. The van der Waals surface area contributed by atoms with Crippen LogP contribution in [0.5, 0.6) is 0 Å². The summed E-state index contributed by atoms with van der Waals surface area (Å²) in [6, 6.07) is 10.1. The summed E-state index contributed by atoms with van der Waals surface area (Å²) in [6.07, 6.45) is 1.78. The van der Waals surface area contributed by atoms with Crippen LogP contribution in [0.1, 0.15) is 0 Å². The normalized spacial score (nSPS) is 17.1. The first-order valence-electron chi connectivity index (χ1n) is 6.23. The molecule has 0 spiro atoms. The Morgan fingerprint density at radius 1 is 1.00 bits per heavy atom. The second-order valence-electron chi connectivity index (χ2n) is 4.62. The van der Waals surface area contributed by atoms with Crippen LogP contribution in [0.25, 0.3) is 5.69 Å². The third-order valence-electron chi connectivity index (χ3n) is 3.29. The van der Waals surface area contributed by atoms with Crippen molar-refractivity contribution in [1.82, 2.24) is 19.7 Å². The number of hydrogen-bond acceptors (Lipinski definition) is 4. The Morgan fingerprint density at radius 2 is 1.72 bits per heavy atom. The van der Waals surface area contributed by atoms with Crippen LogP contribution >= 0.6 is 0 Å². The highest BCUT2D eigenvalue weighted by Gasteiger charge is 2.17. The molecule has 94 valence electrons. The Morgan fingerprint density at radius 3 is 2.44 bits per heavy atom. The van der Waals surface area contributed by atoms with Crippen molar-refractivity contribution in [2.24, 2.45) is 0 Å². The lowest BCUT2D eigenvalue weighted by molar-refractivity contribution is 0.311. The van der Waals surface area contributed by atoms with E-state index in [0.29, 0.717) is 0 Å². The first-order valence-corrected chi connectivity index (χ1v) is 6.23. The molecule has 2 heterocycles. The van der Waals surface area contributed by atoms with Crippen molar-refractivity contribution in [3.8, 4) is 5.69 Å². The molecule has 0 atom stereocenters. The van der Waals surface area contributed by atoms with E-state index in [1.54, 1.807) is 6.33 Å². The summed E-state index contributed by atoms with van der Waals surface area (Å²) in [5.41, 5.74) is 1.05. The van der Waals surface area contributed by atoms with Crippen molar-refractivity contribution in [2.75, 3.05) is 38.1 Å². The molecule has 0 N–H and O–H groups in total. The van der Waals surface area contributed by atoms with E-state index >= 15 is 0 Å². The van der Waals surface area contributed by atoms with Gasteiger partial charge in [-0.3, -0.25) is 0 Å². The number of aromatic nitrogens is 3. The largest absolute Gasteiger partial charge is 0.337 e. The topological polar surface area (TPSA) is 37.2 Å². The number of rotatable bonds is 2. The number of nitrogens with zero attached hydrogens (tertiary/aromatic N) is 5. The summed E-state index contributed by atoms with van der Waals surface area (Å²) in [5.74, 6) is 0.826. The molecule has 0 aliphatic carbocycles. The highest BCUT2D eigenvalue weighted by molar-refractivity contribution is 5.34. The van der Waals surface area contributed by atoms with E-state index in [9.17, 15) is 0 Å². The van der Waals surface area contributed by atoms with E-state index in [1.807, 2.05) is 35.0 Å². The zero-order valence-corrected chi connectivity index (χ0v) is 10.5. The fourth-order valence-corrected chi connectivity index (χ4v) is 2.11. The molecule has 1 aliphatic heterocycles. The maximum absolute atomic E-state index is 4.54. The van der Waals surface area contributed by atoms with Crippen molar-refractivity contribution < 1.29 is 0 Å². The van der Waals surface area contributed by atoms with Gasteiger partial charge in [0.25, 0.3) is 0 Å². The van der Waals surface area contributed by atoms with Crippen LogP contribution in [-0.4, -0.2) is 52.9 Å². The van der Waals surface area contributed by atoms with Crippen LogP contribution in [0, 0.1) is 0 Å². The van der Waals surface area contributed by atoms with Crippen molar-refractivity contribution in [3.05, 3.63) is 36.7 Å². The van der Waals surface area contributed by atoms with Gasteiger partial charge in [0.1, 0.15) is 6.33 Å². The van der Waals surface area contributed by atoms with Gasteiger partial charge in [-0.15, -0.1) is 5.10 Å². The molecule has 1 saturated heterocycles. The van der Waals surface area contributed by atoms with E-state index in [0.717, 1.165) is 37.8 Å². The Balaban J connectivity index is 1.78. The molecule has 1 fully saturated rings. The quantitative estimate of drug-likeness (QED) is 0.789. The molecular formula is C13H17N5. The third-order valence-corrected chi connectivity index (χ3v) is 3.29. The van der Waals surface area contributed by atoms with Gasteiger partial charge in [-0.2, -0.15) is 4.98 Å². The fraction of sp³-hybridized carbons (Fsp3) is 0.385. The maximum atomic E-state index is 4.54. The lowest BCUT2D eigenvalue weighted by atomic mass is 10.3. The minimum Gasteiger partial charge on any atom is -0.337 e. The van der Waals surface area contributed by atoms with Gasteiger partial charge in [0.2, 0.25) is 5.95 Å². The standard InChI is InChI=1S/C13H17N5/c1-16-7-9-17(10-8-16)13-14-11-18(15-13)12-5-3-2-4-6-12/h2-6,11H,7-10H2,1H3. The predicted octanol–water partition coefficient (Wildman–Crippen LogP) is 1.02. The minimum absolute atomic E-state index is 0.826. The SMILES string of the molecule is CN1CCN(c2ncn(-c3ccccc3)n2)CC1. The van der Waals surface area contributed by atoms with Crippen LogP contribution in [0.4, 0.5) is 5.95 Å². The summed E-state index contributed by atoms with van der Waals surface area (Å²) in [4.78, 5) is 8.96. The molecule has 1 aliphatic rings. The number of hydrogen-bond donors (Lipinski definition) is 0. The Kier molecular flexibility index (Phi) is 2.98. The summed E-state index contributed by atoms with van der Waals surface area (Å²) in [6.45, 7) is 4.13. The van der Waals surface area contributed by atoms with Gasteiger partial charge < -0.3 is 9.80 Å². The molecule has 0 radical (unpaired) electrons.